The van der Waals surface area contributed by atoms with E-state index in [1.807, 2.05) is 0 Å². The lowest BCUT2D eigenvalue weighted by atomic mass is 9.78. The van der Waals surface area contributed by atoms with Crippen LogP contribution in [0.15, 0.2) is 72.4 Å². The molecule has 1 N–H and O–H groups in total. The highest BCUT2D eigenvalue weighted by atomic mass is 28.3. The van der Waals surface area contributed by atoms with Gasteiger partial charge in [0.2, 0.25) is 0 Å². The third-order valence-electron chi connectivity index (χ3n) is 9.73. The van der Waals surface area contributed by atoms with Crippen LogP contribution in [0.4, 0.5) is 0 Å². The summed E-state index contributed by atoms with van der Waals surface area (Å²) in [7, 11) is -1.78. The number of nitrogens with zero attached hydrogens (tertiary/aromatic N) is 1. The number of fused-ring (bicyclic) bond motifs is 4. The van der Waals surface area contributed by atoms with Gasteiger partial charge in [-0.3, -0.25) is 5.32 Å². The van der Waals surface area contributed by atoms with Crippen molar-refractivity contribution in [2.75, 3.05) is 0 Å². The summed E-state index contributed by atoms with van der Waals surface area (Å²) < 4.78 is 2.99. The summed E-state index contributed by atoms with van der Waals surface area (Å²) in [6, 6.07) is 1.04. The second-order valence-electron chi connectivity index (χ2n) is 11.6. The third kappa shape index (κ3) is 3.19. The zero-order valence-corrected chi connectivity index (χ0v) is 21.0. The van der Waals surface area contributed by atoms with Crippen molar-refractivity contribution in [3.8, 4) is 0 Å². The van der Waals surface area contributed by atoms with E-state index >= 15 is 0 Å². The van der Waals surface area contributed by atoms with Gasteiger partial charge in [0, 0.05) is 12.1 Å². The van der Waals surface area contributed by atoms with Gasteiger partial charge in [-0.25, -0.2) is 0 Å². The van der Waals surface area contributed by atoms with Crippen LogP contribution < -0.4 is 5.32 Å². The van der Waals surface area contributed by atoms with Gasteiger partial charge >= 0.3 is 0 Å². The molecule has 0 amide bonds. The number of hydrogen-bond donors (Lipinski definition) is 1. The first-order valence-electron chi connectivity index (χ1n) is 13.2. The molecule has 0 aromatic carbocycles. The van der Waals surface area contributed by atoms with Gasteiger partial charge in [-0.15, -0.1) is 0 Å². The molecule has 32 heavy (non-hydrogen) atoms. The van der Waals surface area contributed by atoms with Crippen LogP contribution >= 0.6 is 0 Å². The fourth-order valence-electron chi connectivity index (χ4n) is 8.59. The quantitative estimate of drug-likeness (QED) is 0.510. The van der Waals surface area contributed by atoms with Crippen molar-refractivity contribution in [1.29, 1.82) is 0 Å². The number of hydrogen-bond acceptors (Lipinski definition) is 2. The van der Waals surface area contributed by atoms with E-state index in [0.717, 1.165) is 11.5 Å². The van der Waals surface area contributed by atoms with E-state index in [1.54, 1.807) is 5.57 Å². The van der Waals surface area contributed by atoms with E-state index in [0.29, 0.717) is 41.9 Å². The summed E-state index contributed by atoms with van der Waals surface area (Å²) in [5.74, 6) is 3.49. The van der Waals surface area contributed by atoms with Gasteiger partial charge in [0.1, 0.15) is 8.24 Å². The molecule has 0 spiro atoms. The molecule has 1 aliphatic heterocycles. The van der Waals surface area contributed by atoms with Crippen LogP contribution in [0.25, 0.3) is 0 Å². The van der Waals surface area contributed by atoms with Crippen LogP contribution in [0, 0.1) is 29.6 Å². The normalized spacial score (nSPS) is 43.3. The van der Waals surface area contributed by atoms with Crippen molar-refractivity contribution in [3.05, 3.63) is 72.4 Å². The van der Waals surface area contributed by atoms with Crippen molar-refractivity contribution in [2.45, 2.75) is 75.9 Å². The molecule has 3 fully saturated rings. The minimum atomic E-state index is -1.78. The molecular formula is C29H40N2Si. The molecule has 2 nitrogen and oxygen atoms in total. The van der Waals surface area contributed by atoms with E-state index in [2.05, 4.69) is 96.7 Å². The van der Waals surface area contributed by atoms with Gasteiger partial charge in [0.15, 0.2) is 0 Å². The molecule has 6 aliphatic rings. The van der Waals surface area contributed by atoms with E-state index in [4.69, 9.17) is 0 Å². The number of allylic oxidation sites excluding steroid dienone is 10. The van der Waals surface area contributed by atoms with E-state index < -0.39 is 8.24 Å². The minimum Gasteiger partial charge on any atom is -0.301 e. The van der Waals surface area contributed by atoms with Gasteiger partial charge in [0.05, 0.1) is 6.17 Å². The maximum Gasteiger partial charge on any atom is 0.129 e. The molecule has 5 unspecified atom stereocenters. The highest BCUT2D eigenvalue weighted by Gasteiger charge is 2.59. The van der Waals surface area contributed by atoms with E-state index in [1.165, 1.54) is 32.1 Å². The molecule has 0 bridgehead atoms. The molecular weight excluding hydrogens is 404 g/mol. The Labute approximate surface area is 196 Å². The summed E-state index contributed by atoms with van der Waals surface area (Å²) in [5.41, 5.74) is 2.46. The lowest BCUT2D eigenvalue weighted by molar-refractivity contribution is 0.333. The zero-order chi connectivity index (χ0) is 21.9. The zero-order valence-electron chi connectivity index (χ0n) is 20.0. The molecule has 7 atom stereocenters. The van der Waals surface area contributed by atoms with Gasteiger partial charge in [0.25, 0.3) is 0 Å². The van der Waals surface area contributed by atoms with Crippen molar-refractivity contribution in [1.82, 2.24) is 9.88 Å². The smallest absolute Gasteiger partial charge is 0.129 e. The highest BCUT2D eigenvalue weighted by Crippen LogP contribution is 2.59. The number of nitrogens with one attached hydrogen (secondary N) is 1. The Hall–Kier alpha value is -1.42. The Morgan fingerprint density at radius 1 is 0.781 bits per heavy atom. The summed E-state index contributed by atoms with van der Waals surface area (Å²) in [5, 5.41) is 4.10. The largest absolute Gasteiger partial charge is 0.301 e. The predicted molar refractivity (Wildman–Crippen MR) is 138 cm³/mol. The van der Waals surface area contributed by atoms with E-state index in [-0.39, 0.29) is 0 Å². The summed E-state index contributed by atoms with van der Waals surface area (Å²) in [4.78, 5) is 0. The summed E-state index contributed by atoms with van der Waals surface area (Å²) in [6.07, 6.45) is 34.3. The molecule has 3 heteroatoms. The van der Waals surface area contributed by atoms with Gasteiger partial charge < -0.3 is 4.57 Å². The average Bonchev–Trinajstić information content (AvgIpc) is 3.34. The summed E-state index contributed by atoms with van der Waals surface area (Å²) in [6.45, 7) is 7.81. The lowest BCUT2D eigenvalue weighted by Gasteiger charge is -2.48. The Morgan fingerprint density at radius 2 is 1.38 bits per heavy atom. The van der Waals surface area contributed by atoms with Crippen LogP contribution in [0.3, 0.4) is 0 Å². The Bertz CT molecular complexity index is 881. The lowest BCUT2D eigenvalue weighted by Crippen LogP contribution is -2.60. The second-order valence-corrected chi connectivity index (χ2v) is 16.1. The van der Waals surface area contributed by atoms with Crippen LogP contribution in [0.1, 0.15) is 39.0 Å². The summed E-state index contributed by atoms with van der Waals surface area (Å²) >= 11 is 0. The van der Waals surface area contributed by atoms with Crippen LogP contribution in [0.2, 0.25) is 18.6 Å². The van der Waals surface area contributed by atoms with Gasteiger partial charge in [-0.1, -0.05) is 99.2 Å². The molecule has 0 radical (unpaired) electrons. The van der Waals surface area contributed by atoms with Crippen molar-refractivity contribution in [2.24, 2.45) is 29.6 Å². The molecule has 6 rings (SSSR count). The predicted octanol–water partition coefficient (Wildman–Crippen LogP) is 6.36. The second kappa shape index (κ2) is 8.11. The SMILES string of the molecule is C[C@H]1NC2C(C3CCCCC3)=CC=C[C@H]2N1[Si](C)(C)C1C2C=CC=CC2C2C=CC=CC21. The first kappa shape index (κ1) is 21.1. The molecule has 1 saturated heterocycles. The first-order valence-corrected chi connectivity index (χ1v) is 16.2. The van der Waals surface area contributed by atoms with Crippen molar-refractivity contribution >= 4 is 8.24 Å². The first-order chi connectivity index (χ1) is 15.6. The monoisotopic (exact) mass is 444 g/mol. The van der Waals surface area contributed by atoms with E-state index in [9.17, 15) is 0 Å². The maximum absolute atomic E-state index is 4.10. The van der Waals surface area contributed by atoms with Gasteiger partial charge in [-0.2, -0.15) is 0 Å². The fourth-order valence-corrected chi connectivity index (χ4v) is 13.6. The topological polar surface area (TPSA) is 15.3 Å². The van der Waals surface area contributed by atoms with Crippen LogP contribution in [-0.2, 0) is 0 Å². The molecule has 1 heterocycles. The van der Waals surface area contributed by atoms with Crippen molar-refractivity contribution < 1.29 is 0 Å². The Morgan fingerprint density at radius 3 is 2.00 bits per heavy atom. The highest BCUT2D eigenvalue weighted by molar-refractivity contribution is 6.76. The van der Waals surface area contributed by atoms with Crippen LogP contribution in [0.5, 0.6) is 0 Å². The van der Waals surface area contributed by atoms with Crippen LogP contribution in [-0.4, -0.2) is 31.1 Å². The Kier molecular flexibility index (Phi) is 5.36. The molecule has 5 aliphatic carbocycles. The minimum absolute atomic E-state index is 0.449. The molecule has 170 valence electrons. The average molecular weight is 445 g/mol. The van der Waals surface area contributed by atoms with Gasteiger partial charge in [-0.05, 0) is 60.5 Å². The third-order valence-corrected chi connectivity index (χ3v) is 14.2. The molecule has 2 saturated carbocycles. The fraction of sp³-hybridized carbons (Fsp3) is 0.586. The standard InChI is InChI=1S/C29H40N2Si/c1-20-30-28-22(21-12-5-4-6-13-21)18-11-19-27(28)31(20)32(2,3)29-25-16-9-7-14-23(25)24-15-8-10-17-26(24)29/h7-11,14-21,23-30H,4-6,12-13H2,1-3H3/t20-,23?,24?,25?,26?,27+,28?,29?/m0/s1. The maximum atomic E-state index is 4.10. The number of rotatable bonds is 3. The molecule has 0 aromatic heterocycles. The Balaban J connectivity index is 1.33. The van der Waals surface area contributed by atoms with Crippen molar-refractivity contribution in [3.63, 3.8) is 0 Å². The molecule has 0 aromatic rings.